The van der Waals surface area contributed by atoms with Crippen molar-refractivity contribution in [3.8, 4) is 0 Å². The Bertz CT molecular complexity index is 352. The van der Waals surface area contributed by atoms with Gasteiger partial charge in [0, 0.05) is 24.7 Å². The third kappa shape index (κ3) is 1.75. The van der Waals surface area contributed by atoms with E-state index < -0.39 is 11.6 Å². The molecule has 13 heavy (non-hydrogen) atoms. The Kier molecular flexibility index (Phi) is 2.10. The number of nitrogens with one attached hydrogen (secondary N) is 1. The lowest BCUT2D eigenvalue weighted by Gasteiger charge is -2.18. The van der Waals surface area contributed by atoms with Crippen LogP contribution in [-0.4, -0.2) is 13.1 Å². The number of hydrogen-bond acceptors (Lipinski definition) is 1. The van der Waals surface area contributed by atoms with Crippen LogP contribution in [-0.2, 0) is 0 Å². The van der Waals surface area contributed by atoms with Crippen molar-refractivity contribution < 1.29 is 8.78 Å². The molecular formula is C10H9F2N. The van der Waals surface area contributed by atoms with Crippen LogP contribution in [0.25, 0.3) is 6.08 Å². The average Bonchev–Trinajstić information content (AvgIpc) is 1.99. The van der Waals surface area contributed by atoms with E-state index in [0.29, 0.717) is 5.56 Å². The van der Waals surface area contributed by atoms with Crippen LogP contribution in [0, 0.1) is 11.6 Å². The first-order valence-electron chi connectivity index (χ1n) is 4.11. The number of benzene rings is 1. The van der Waals surface area contributed by atoms with Gasteiger partial charge in [-0.25, -0.2) is 8.78 Å². The second-order valence-electron chi connectivity index (χ2n) is 3.07. The van der Waals surface area contributed by atoms with Crippen LogP contribution in [0.15, 0.2) is 23.8 Å². The number of rotatable bonds is 1. The average molecular weight is 181 g/mol. The zero-order valence-electron chi connectivity index (χ0n) is 6.98. The van der Waals surface area contributed by atoms with E-state index in [1.54, 1.807) is 6.08 Å². The summed E-state index contributed by atoms with van der Waals surface area (Å²) in [6.07, 6.45) is 1.76. The van der Waals surface area contributed by atoms with Gasteiger partial charge in [0.1, 0.15) is 11.6 Å². The Labute approximate surface area is 75.1 Å². The van der Waals surface area contributed by atoms with E-state index in [0.717, 1.165) is 24.7 Å². The molecule has 1 heterocycles. The van der Waals surface area contributed by atoms with Crippen molar-refractivity contribution in [2.24, 2.45) is 0 Å². The summed E-state index contributed by atoms with van der Waals surface area (Å²) in [4.78, 5) is 0. The van der Waals surface area contributed by atoms with Crippen molar-refractivity contribution >= 4 is 6.08 Å². The Hall–Kier alpha value is -1.22. The smallest absolute Gasteiger partial charge is 0.133 e. The summed E-state index contributed by atoms with van der Waals surface area (Å²) in [6.45, 7) is 1.60. The largest absolute Gasteiger partial charge is 0.309 e. The molecule has 1 aliphatic rings. The first-order valence-corrected chi connectivity index (χ1v) is 4.11. The molecule has 0 aromatic heterocycles. The minimum Gasteiger partial charge on any atom is -0.309 e. The minimum atomic E-state index is -0.536. The van der Waals surface area contributed by atoms with Crippen LogP contribution in [0.5, 0.6) is 0 Å². The molecule has 0 bridgehead atoms. The molecule has 1 saturated heterocycles. The van der Waals surface area contributed by atoms with Gasteiger partial charge in [0.15, 0.2) is 0 Å². The summed E-state index contributed by atoms with van der Waals surface area (Å²) < 4.78 is 25.6. The van der Waals surface area contributed by atoms with E-state index in [4.69, 9.17) is 0 Å². The van der Waals surface area contributed by atoms with Gasteiger partial charge in [0.05, 0.1) is 0 Å². The Morgan fingerprint density at radius 3 is 2.54 bits per heavy atom. The number of halogens is 2. The van der Waals surface area contributed by atoms with Gasteiger partial charge in [0.25, 0.3) is 0 Å². The SMILES string of the molecule is Fc1ccc(C=C2CNC2)c(F)c1. The van der Waals surface area contributed by atoms with E-state index in [1.807, 2.05) is 0 Å². The second kappa shape index (κ2) is 3.26. The first-order chi connectivity index (χ1) is 6.25. The van der Waals surface area contributed by atoms with Crippen molar-refractivity contribution in [1.29, 1.82) is 0 Å². The molecule has 1 aromatic rings. The zero-order valence-corrected chi connectivity index (χ0v) is 6.98. The summed E-state index contributed by atoms with van der Waals surface area (Å²) >= 11 is 0. The van der Waals surface area contributed by atoms with E-state index in [1.165, 1.54) is 12.1 Å². The second-order valence-corrected chi connectivity index (χ2v) is 3.07. The van der Waals surface area contributed by atoms with E-state index in [-0.39, 0.29) is 0 Å². The van der Waals surface area contributed by atoms with Crippen molar-refractivity contribution in [1.82, 2.24) is 5.32 Å². The normalized spacial score (nSPS) is 15.4. The van der Waals surface area contributed by atoms with Gasteiger partial charge in [-0.3, -0.25) is 0 Å². The van der Waals surface area contributed by atoms with Gasteiger partial charge < -0.3 is 5.32 Å². The van der Waals surface area contributed by atoms with Gasteiger partial charge in [-0.05, 0) is 17.7 Å². The van der Waals surface area contributed by atoms with Crippen LogP contribution in [0.1, 0.15) is 5.56 Å². The molecule has 1 fully saturated rings. The highest BCUT2D eigenvalue weighted by molar-refractivity contribution is 5.55. The maximum Gasteiger partial charge on any atom is 0.133 e. The molecule has 0 unspecified atom stereocenters. The van der Waals surface area contributed by atoms with Gasteiger partial charge in [-0.2, -0.15) is 0 Å². The van der Waals surface area contributed by atoms with Crippen LogP contribution < -0.4 is 5.32 Å². The van der Waals surface area contributed by atoms with Gasteiger partial charge >= 0.3 is 0 Å². The number of hydrogen-bond donors (Lipinski definition) is 1. The predicted octanol–water partition coefficient (Wildman–Crippen LogP) is 1.95. The third-order valence-corrected chi connectivity index (χ3v) is 2.03. The lowest BCUT2D eigenvalue weighted by molar-refractivity contribution is 0.581. The van der Waals surface area contributed by atoms with Crippen LogP contribution >= 0.6 is 0 Å². The molecule has 0 atom stereocenters. The Balaban J connectivity index is 2.29. The summed E-state index contributed by atoms with van der Waals surface area (Å²) in [5.74, 6) is -1.04. The van der Waals surface area contributed by atoms with Crippen LogP contribution in [0.2, 0.25) is 0 Å². The maximum absolute atomic E-state index is 13.1. The molecule has 0 aliphatic carbocycles. The summed E-state index contributed by atoms with van der Waals surface area (Å²) in [7, 11) is 0. The van der Waals surface area contributed by atoms with Crippen molar-refractivity contribution in [2.45, 2.75) is 0 Å². The molecule has 1 aliphatic heterocycles. The fraction of sp³-hybridized carbons (Fsp3) is 0.200. The quantitative estimate of drug-likeness (QED) is 0.698. The lowest BCUT2D eigenvalue weighted by atomic mass is 10.1. The lowest BCUT2D eigenvalue weighted by Crippen LogP contribution is -2.33. The highest BCUT2D eigenvalue weighted by atomic mass is 19.1. The maximum atomic E-state index is 13.1. The van der Waals surface area contributed by atoms with Gasteiger partial charge in [0.2, 0.25) is 0 Å². The Morgan fingerprint density at radius 2 is 2.00 bits per heavy atom. The monoisotopic (exact) mass is 181 g/mol. The van der Waals surface area contributed by atoms with Crippen LogP contribution in [0.4, 0.5) is 8.78 Å². The molecule has 1 aromatic carbocycles. The molecule has 0 spiro atoms. The van der Waals surface area contributed by atoms with Gasteiger partial charge in [-0.1, -0.05) is 6.08 Å². The molecule has 2 rings (SSSR count). The fourth-order valence-corrected chi connectivity index (χ4v) is 1.21. The highest BCUT2D eigenvalue weighted by Crippen LogP contribution is 2.14. The van der Waals surface area contributed by atoms with Crippen molar-refractivity contribution in [3.05, 3.63) is 41.0 Å². The van der Waals surface area contributed by atoms with E-state index in [9.17, 15) is 8.78 Å². The molecule has 3 heteroatoms. The third-order valence-electron chi connectivity index (χ3n) is 2.03. The summed E-state index contributed by atoms with van der Waals surface area (Å²) in [6, 6.07) is 3.62. The minimum absolute atomic E-state index is 0.456. The summed E-state index contributed by atoms with van der Waals surface area (Å²) in [5, 5.41) is 3.05. The Morgan fingerprint density at radius 1 is 1.23 bits per heavy atom. The standard InChI is InChI=1S/C10H9F2N/c11-9-2-1-8(10(12)4-9)3-7-5-13-6-7/h1-4,13H,5-6H2. The molecular weight excluding hydrogens is 172 g/mol. The summed E-state index contributed by atoms with van der Waals surface area (Å²) in [5.41, 5.74) is 1.60. The molecule has 0 amide bonds. The predicted molar refractivity (Wildman–Crippen MR) is 47.2 cm³/mol. The molecule has 1 N–H and O–H groups in total. The first kappa shape index (κ1) is 8.38. The van der Waals surface area contributed by atoms with E-state index >= 15 is 0 Å². The van der Waals surface area contributed by atoms with Crippen LogP contribution in [0.3, 0.4) is 0 Å². The van der Waals surface area contributed by atoms with Crippen molar-refractivity contribution in [2.75, 3.05) is 13.1 Å². The molecule has 0 saturated carbocycles. The van der Waals surface area contributed by atoms with E-state index in [2.05, 4.69) is 5.32 Å². The molecule has 1 nitrogen and oxygen atoms in total. The molecule has 0 radical (unpaired) electrons. The fourth-order valence-electron chi connectivity index (χ4n) is 1.21. The topological polar surface area (TPSA) is 12.0 Å². The molecule has 68 valence electrons. The van der Waals surface area contributed by atoms with Gasteiger partial charge in [-0.15, -0.1) is 0 Å². The zero-order chi connectivity index (χ0) is 9.26. The highest BCUT2D eigenvalue weighted by Gasteiger charge is 2.08. The van der Waals surface area contributed by atoms with Crippen molar-refractivity contribution in [3.63, 3.8) is 0 Å².